The monoisotopic (exact) mass is 292 g/mol. The van der Waals surface area contributed by atoms with Crippen LogP contribution in [0.2, 0.25) is 0 Å². The van der Waals surface area contributed by atoms with Crippen molar-refractivity contribution in [2.75, 3.05) is 6.54 Å². The summed E-state index contributed by atoms with van der Waals surface area (Å²) < 4.78 is 0. The molecular weight excluding hydrogens is 268 g/mol. The predicted octanol–water partition coefficient (Wildman–Crippen LogP) is 3.74. The first-order valence-corrected chi connectivity index (χ1v) is 8.27. The highest BCUT2D eigenvalue weighted by Crippen LogP contribution is 2.21. The third kappa shape index (κ3) is 4.17. The van der Waals surface area contributed by atoms with Crippen molar-refractivity contribution in [1.82, 2.24) is 10.3 Å². The molecule has 110 valence electrons. The maximum Gasteiger partial charge on any atom is 0.263 e. The number of nitrogens with zero attached hydrogens (tertiary/aromatic N) is 1. The van der Waals surface area contributed by atoms with E-state index < -0.39 is 0 Å². The molecule has 1 amide bonds. The van der Waals surface area contributed by atoms with Crippen LogP contribution in [0.5, 0.6) is 0 Å². The van der Waals surface area contributed by atoms with Gasteiger partial charge in [0.25, 0.3) is 5.91 Å². The van der Waals surface area contributed by atoms with Gasteiger partial charge in [0, 0.05) is 13.0 Å². The molecule has 1 atom stereocenters. The second kappa shape index (κ2) is 7.02. The molecule has 20 heavy (non-hydrogen) atoms. The Hall–Kier alpha value is -1.16. The largest absolute Gasteiger partial charge is 0.351 e. The molecule has 0 aromatic carbocycles. The van der Waals surface area contributed by atoms with E-state index in [0.29, 0.717) is 11.8 Å². The molecule has 0 radical (unpaired) electrons. The third-order valence-electron chi connectivity index (χ3n) is 3.56. The van der Waals surface area contributed by atoms with Crippen LogP contribution in [0, 0.1) is 18.8 Å². The van der Waals surface area contributed by atoms with Crippen molar-refractivity contribution in [3.63, 3.8) is 0 Å². The quantitative estimate of drug-likeness (QED) is 0.840. The van der Waals surface area contributed by atoms with Crippen molar-refractivity contribution >= 4 is 17.2 Å². The van der Waals surface area contributed by atoms with E-state index in [0.717, 1.165) is 41.4 Å². The number of allylic oxidation sites excluding steroid dienone is 2. The molecule has 0 saturated heterocycles. The third-order valence-corrected chi connectivity index (χ3v) is 4.74. The average molecular weight is 292 g/mol. The Kier molecular flexibility index (Phi) is 5.35. The van der Waals surface area contributed by atoms with Crippen molar-refractivity contribution in [1.29, 1.82) is 0 Å². The first-order valence-electron chi connectivity index (χ1n) is 7.45. The van der Waals surface area contributed by atoms with Crippen LogP contribution < -0.4 is 5.32 Å². The molecule has 3 nitrogen and oxygen atoms in total. The standard InChI is InChI=1S/C16H24N2OS/c1-11(2)9-14-18-12(3)15(20-14)16(19)17-10-13-7-5-4-6-8-13/h4-5,11,13H,6-10H2,1-3H3,(H,17,19). The van der Waals surface area contributed by atoms with Crippen LogP contribution in [-0.4, -0.2) is 17.4 Å². The molecule has 0 fully saturated rings. The van der Waals surface area contributed by atoms with Gasteiger partial charge in [0.05, 0.1) is 10.7 Å². The number of aromatic nitrogens is 1. The number of aryl methyl sites for hydroxylation is 1. The zero-order valence-corrected chi connectivity index (χ0v) is 13.4. The van der Waals surface area contributed by atoms with Crippen LogP contribution in [0.3, 0.4) is 0 Å². The van der Waals surface area contributed by atoms with Gasteiger partial charge in [-0.2, -0.15) is 0 Å². The van der Waals surface area contributed by atoms with Gasteiger partial charge in [-0.25, -0.2) is 4.98 Å². The lowest BCUT2D eigenvalue weighted by molar-refractivity contribution is 0.0949. The molecule has 1 heterocycles. The zero-order chi connectivity index (χ0) is 14.5. The first kappa shape index (κ1) is 15.2. The Balaban J connectivity index is 1.91. The van der Waals surface area contributed by atoms with E-state index in [4.69, 9.17) is 0 Å². The Morgan fingerprint density at radius 3 is 2.95 bits per heavy atom. The summed E-state index contributed by atoms with van der Waals surface area (Å²) in [5, 5.41) is 4.15. The number of hydrogen-bond acceptors (Lipinski definition) is 3. The summed E-state index contributed by atoms with van der Waals surface area (Å²) in [7, 11) is 0. The fraction of sp³-hybridized carbons (Fsp3) is 0.625. The molecule has 2 rings (SSSR count). The van der Waals surface area contributed by atoms with E-state index in [2.05, 4.69) is 36.3 Å². The van der Waals surface area contributed by atoms with Crippen molar-refractivity contribution < 1.29 is 4.79 Å². The summed E-state index contributed by atoms with van der Waals surface area (Å²) >= 11 is 1.55. The smallest absolute Gasteiger partial charge is 0.263 e. The minimum atomic E-state index is 0.0459. The predicted molar refractivity (Wildman–Crippen MR) is 84.2 cm³/mol. The van der Waals surface area contributed by atoms with Crippen molar-refractivity contribution in [2.45, 2.75) is 46.5 Å². The minimum Gasteiger partial charge on any atom is -0.351 e. The molecular formula is C16H24N2OS. The maximum atomic E-state index is 12.2. The lowest BCUT2D eigenvalue weighted by Gasteiger charge is -2.17. The molecule has 4 heteroatoms. The number of amides is 1. The van der Waals surface area contributed by atoms with Gasteiger partial charge in [0.2, 0.25) is 0 Å². The minimum absolute atomic E-state index is 0.0459. The van der Waals surface area contributed by atoms with Gasteiger partial charge >= 0.3 is 0 Å². The Morgan fingerprint density at radius 1 is 1.50 bits per heavy atom. The summed E-state index contributed by atoms with van der Waals surface area (Å²) in [5.41, 5.74) is 0.867. The maximum absolute atomic E-state index is 12.2. The topological polar surface area (TPSA) is 42.0 Å². The van der Waals surface area contributed by atoms with Crippen LogP contribution in [0.15, 0.2) is 12.2 Å². The first-order chi connectivity index (χ1) is 9.56. The molecule has 0 spiro atoms. The van der Waals surface area contributed by atoms with Crippen molar-refractivity contribution in [3.05, 3.63) is 27.7 Å². The lowest BCUT2D eigenvalue weighted by Crippen LogP contribution is -2.29. The normalized spacial score (nSPS) is 18.5. The number of nitrogens with one attached hydrogen (secondary N) is 1. The molecule has 0 bridgehead atoms. The van der Waals surface area contributed by atoms with Gasteiger partial charge in [-0.1, -0.05) is 26.0 Å². The highest BCUT2D eigenvalue weighted by molar-refractivity contribution is 7.13. The van der Waals surface area contributed by atoms with E-state index >= 15 is 0 Å². The SMILES string of the molecule is Cc1nc(CC(C)C)sc1C(=O)NCC1CC=CCC1. The van der Waals surface area contributed by atoms with Gasteiger partial charge < -0.3 is 5.32 Å². The Bertz CT molecular complexity index is 491. The van der Waals surface area contributed by atoms with Gasteiger partial charge in [-0.15, -0.1) is 11.3 Å². The number of carbonyl (C=O) groups is 1. The number of hydrogen-bond donors (Lipinski definition) is 1. The van der Waals surface area contributed by atoms with Crippen molar-refractivity contribution in [3.8, 4) is 0 Å². The van der Waals surface area contributed by atoms with E-state index in [9.17, 15) is 4.79 Å². The van der Waals surface area contributed by atoms with Gasteiger partial charge in [-0.3, -0.25) is 4.79 Å². The highest BCUT2D eigenvalue weighted by atomic mass is 32.1. The van der Waals surface area contributed by atoms with Crippen LogP contribution in [0.25, 0.3) is 0 Å². The average Bonchev–Trinajstić information content (AvgIpc) is 2.77. The summed E-state index contributed by atoms with van der Waals surface area (Å²) in [6.07, 6.45) is 8.80. The molecule has 1 aliphatic rings. The van der Waals surface area contributed by atoms with Crippen LogP contribution in [0.1, 0.15) is 53.5 Å². The highest BCUT2D eigenvalue weighted by Gasteiger charge is 2.17. The molecule has 0 aliphatic heterocycles. The van der Waals surface area contributed by atoms with Crippen LogP contribution in [0.4, 0.5) is 0 Å². The molecule has 1 aromatic heterocycles. The van der Waals surface area contributed by atoms with Crippen LogP contribution >= 0.6 is 11.3 Å². The van der Waals surface area contributed by atoms with E-state index in [1.807, 2.05) is 6.92 Å². The second-order valence-electron chi connectivity index (χ2n) is 5.98. The zero-order valence-electron chi connectivity index (χ0n) is 12.6. The summed E-state index contributed by atoms with van der Waals surface area (Å²) in [6, 6.07) is 0. The molecule has 1 aromatic rings. The fourth-order valence-corrected chi connectivity index (χ4v) is 3.65. The number of thiazole rings is 1. The molecule has 0 saturated carbocycles. The van der Waals surface area contributed by atoms with Gasteiger partial charge in [-0.05, 0) is 38.0 Å². The van der Waals surface area contributed by atoms with E-state index in [-0.39, 0.29) is 5.91 Å². The summed E-state index contributed by atoms with van der Waals surface area (Å²) in [6.45, 7) is 7.05. The van der Waals surface area contributed by atoms with Gasteiger partial charge in [0.15, 0.2) is 0 Å². The van der Waals surface area contributed by atoms with Gasteiger partial charge in [0.1, 0.15) is 4.88 Å². The summed E-state index contributed by atoms with van der Waals surface area (Å²) in [4.78, 5) is 17.5. The lowest BCUT2D eigenvalue weighted by atomic mass is 9.94. The fourth-order valence-electron chi connectivity index (χ4n) is 2.46. The molecule has 1 N–H and O–H groups in total. The van der Waals surface area contributed by atoms with E-state index in [1.54, 1.807) is 11.3 Å². The van der Waals surface area contributed by atoms with Crippen molar-refractivity contribution in [2.24, 2.45) is 11.8 Å². The number of carbonyl (C=O) groups excluding carboxylic acids is 1. The number of rotatable bonds is 5. The van der Waals surface area contributed by atoms with Crippen LogP contribution in [-0.2, 0) is 6.42 Å². The molecule has 1 aliphatic carbocycles. The summed E-state index contributed by atoms with van der Waals surface area (Å²) in [5.74, 6) is 1.21. The second-order valence-corrected chi connectivity index (χ2v) is 7.06. The Morgan fingerprint density at radius 2 is 2.30 bits per heavy atom. The Labute approximate surface area is 125 Å². The van der Waals surface area contributed by atoms with E-state index in [1.165, 1.54) is 6.42 Å². The molecule has 1 unspecified atom stereocenters.